The molecule has 0 saturated heterocycles. The second kappa shape index (κ2) is 6.64. The molecule has 0 radical (unpaired) electrons. The highest BCUT2D eigenvalue weighted by Gasteiger charge is 2.19. The van der Waals surface area contributed by atoms with Crippen molar-refractivity contribution < 1.29 is 17.5 Å². The molecule has 0 bridgehead atoms. The Morgan fingerprint density at radius 3 is 2.67 bits per heavy atom. The largest absolute Gasteiger partial charge is 0.488 e. The van der Waals surface area contributed by atoms with E-state index in [0.29, 0.717) is 11.4 Å². The normalized spacial score (nSPS) is 17.7. The van der Waals surface area contributed by atoms with Gasteiger partial charge in [0.25, 0.3) is 0 Å². The van der Waals surface area contributed by atoms with Gasteiger partial charge >= 0.3 is 0 Å². The Morgan fingerprint density at radius 2 is 2.05 bits per heavy atom. The molecule has 4 nitrogen and oxygen atoms in total. The predicted molar refractivity (Wildman–Crippen MR) is 82.1 cm³/mol. The Labute approximate surface area is 125 Å². The van der Waals surface area contributed by atoms with Crippen LogP contribution in [0.25, 0.3) is 0 Å². The topological polar surface area (TPSA) is 55.4 Å². The van der Waals surface area contributed by atoms with Crippen LogP contribution in [0.5, 0.6) is 5.75 Å². The third-order valence-corrected chi connectivity index (χ3v) is 4.60. The van der Waals surface area contributed by atoms with Crippen LogP contribution in [-0.4, -0.2) is 32.6 Å². The first-order chi connectivity index (χ1) is 9.83. The van der Waals surface area contributed by atoms with E-state index in [1.54, 1.807) is 13.0 Å². The molecule has 21 heavy (non-hydrogen) atoms. The van der Waals surface area contributed by atoms with Crippen LogP contribution in [0.2, 0.25) is 0 Å². The maximum absolute atomic E-state index is 13.4. The van der Waals surface area contributed by atoms with Crippen LogP contribution in [0.15, 0.2) is 18.2 Å². The third kappa shape index (κ3) is 5.19. The molecule has 1 N–H and O–H groups in total. The van der Waals surface area contributed by atoms with E-state index in [2.05, 4.69) is 5.32 Å². The summed E-state index contributed by atoms with van der Waals surface area (Å²) in [6, 6.07) is 4.03. The standard InChI is InChI=1S/C15H22FNO3S/c1-11(10-21(2,18)19)17-14-8-7-12(16)9-15(14)20-13-5-3-4-6-13/h7-9,11,13,17H,3-6,10H2,1-2H3/t11-/m1/s1. The lowest BCUT2D eigenvalue weighted by molar-refractivity contribution is 0.210. The lowest BCUT2D eigenvalue weighted by Crippen LogP contribution is -2.25. The van der Waals surface area contributed by atoms with Gasteiger partial charge in [-0.15, -0.1) is 0 Å². The van der Waals surface area contributed by atoms with E-state index < -0.39 is 9.84 Å². The number of anilines is 1. The summed E-state index contributed by atoms with van der Waals surface area (Å²) in [4.78, 5) is 0. The predicted octanol–water partition coefficient (Wildman–Crippen LogP) is 2.99. The SMILES string of the molecule is C[C@H](CS(C)(=O)=O)Nc1ccc(F)cc1OC1CCCC1. The fourth-order valence-electron chi connectivity index (χ4n) is 2.66. The number of rotatable bonds is 6. The molecule has 1 fully saturated rings. The Morgan fingerprint density at radius 1 is 1.38 bits per heavy atom. The van der Waals surface area contributed by atoms with E-state index in [-0.39, 0.29) is 23.7 Å². The molecule has 2 rings (SSSR count). The van der Waals surface area contributed by atoms with Gasteiger partial charge in [-0.1, -0.05) is 0 Å². The first kappa shape index (κ1) is 16.1. The summed E-state index contributed by atoms with van der Waals surface area (Å²) in [5.74, 6) is 0.124. The van der Waals surface area contributed by atoms with Crippen molar-refractivity contribution in [2.24, 2.45) is 0 Å². The number of benzene rings is 1. The zero-order valence-corrected chi connectivity index (χ0v) is 13.2. The van der Waals surface area contributed by atoms with Crippen LogP contribution in [0.3, 0.4) is 0 Å². The van der Waals surface area contributed by atoms with Crippen LogP contribution in [0.4, 0.5) is 10.1 Å². The number of nitrogens with one attached hydrogen (secondary N) is 1. The quantitative estimate of drug-likeness (QED) is 0.877. The molecule has 0 aromatic heterocycles. The van der Waals surface area contributed by atoms with E-state index in [4.69, 9.17) is 4.74 Å². The average molecular weight is 315 g/mol. The van der Waals surface area contributed by atoms with Crippen molar-refractivity contribution in [1.82, 2.24) is 0 Å². The summed E-state index contributed by atoms with van der Waals surface area (Å²) >= 11 is 0. The lowest BCUT2D eigenvalue weighted by Gasteiger charge is -2.20. The van der Waals surface area contributed by atoms with Crippen molar-refractivity contribution in [1.29, 1.82) is 0 Å². The van der Waals surface area contributed by atoms with Gasteiger partial charge in [-0.2, -0.15) is 0 Å². The van der Waals surface area contributed by atoms with Crippen LogP contribution in [0, 0.1) is 5.82 Å². The van der Waals surface area contributed by atoms with Crippen LogP contribution in [-0.2, 0) is 9.84 Å². The van der Waals surface area contributed by atoms with Gasteiger partial charge in [-0.3, -0.25) is 0 Å². The maximum Gasteiger partial charge on any atom is 0.149 e. The molecule has 0 aliphatic heterocycles. The van der Waals surface area contributed by atoms with Crippen LogP contribution >= 0.6 is 0 Å². The van der Waals surface area contributed by atoms with E-state index in [1.165, 1.54) is 18.4 Å². The summed E-state index contributed by atoms with van der Waals surface area (Å²) in [6.07, 6.45) is 5.55. The molecule has 0 unspecified atom stereocenters. The second-order valence-electron chi connectivity index (χ2n) is 5.80. The van der Waals surface area contributed by atoms with Gasteiger partial charge in [-0.25, -0.2) is 12.8 Å². The molecular formula is C15H22FNO3S. The molecule has 0 amide bonds. The van der Waals surface area contributed by atoms with Crippen molar-refractivity contribution >= 4 is 15.5 Å². The highest BCUT2D eigenvalue weighted by molar-refractivity contribution is 7.90. The Kier molecular flexibility index (Phi) is 5.08. The van der Waals surface area contributed by atoms with Crippen molar-refractivity contribution in [3.63, 3.8) is 0 Å². The highest BCUT2D eigenvalue weighted by Crippen LogP contribution is 2.31. The summed E-state index contributed by atoms with van der Waals surface area (Å²) in [5, 5.41) is 3.10. The van der Waals surface area contributed by atoms with Gasteiger partial charge in [0, 0.05) is 18.4 Å². The molecule has 1 aromatic rings. The average Bonchev–Trinajstić information content (AvgIpc) is 2.83. The van der Waals surface area contributed by atoms with Crippen molar-refractivity contribution in [3.05, 3.63) is 24.0 Å². The van der Waals surface area contributed by atoms with Gasteiger partial charge in [-0.05, 0) is 44.7 Å². The number of sulfone groups is 1. The molecule has 1 aliphatic rings. The van der Waals surface area contributed by atoms with Gasteiger partial charge in [0.2, 0.25) is 0 Å². The first-order valence-electron chi connectivity index (χ1n) is 7.24. The smallest absolute Gasteiger partial charge is 0.149 e. The molecular weight excluding hydrogens is 293 g/mol. The number of hydrogen-bond donors (Lipinski definition) is 1. The second-order valence-corrected chi connectivity index (χ2v) is 7.99. The van der Waals surface area contributed by atoms with E-state index in [0.717, 1.165) is 25.7 Å². The van der Waals surface area contributed by atoms with E-state index in [1.807, 2.05) is 0 Å². The highest BCUT2D eigenvalue weighted by atomic mass is 32.2. The fraction of sp³-hybridized carbons (Fsp3) is 0.600. The maximum atomic E-state index is 13.4. The minimum absolute atomic E-state index is 0.0211. The van der Waals surface area contributed by atoms with Crippen molar-refractivity contribution in [2.45, 2.75) is 44.8 Å². The third-order valence-electron chi connectivity index (χ3n) is 3.49. The van der Waals surface area contributed by atoms with Crippen molar-refractivity contribution in [3.8, 4) is 5.75 Å². The van der Waals surface area contributed by atoms with Crippen molar-refractivity contribution in [2.75, 3.05) is 17.3 Å². The first-order valence-corrected chi connectivity index (χ1v) is 9.30. The Bertz CT molecular complexity index is 583. The molecule has 1 aromatic carbocycles. The summed E-state index contributed by atoms with van der Waals surface area (Å²) < 4.78 is 41.9. The Balaban J connectivity index is 2.10. The minimum atomic E-state index is -3.06. The number of hydrogen-bond acceptors (Lipinski definition) is 4. The van der Waals surface area contributed by atoms with Gasteiger partial charge in [0.1, 0.15) is 21.4 Å². The molecule has 1 atom stereocenters. The Hall–Kier alpha value is -1.30. The molecule has 6 heteroatoms. The molecule has 1 aliphatic carbocycles. The zero-order valence-electron chi connectivity index (χ0n) is 12.4. The molecule has 118 valence electrons. The zero-order chi connectivity index (χ0) is 15.5. The van der Waals surface area contributed by atoms with Crippen LogP contribution in [0.1, 0.15) is 32.6 Å². The molecule has 0 spiro atoms. The fourth-order valence-corrected chi connectivity index (χ4v) is 3.65. The van der Waals surface area contributed by atoms with Gasteiger partial charge in [0.05, 0.1) is 17.5 Å². The van der Waals surface area contributed by atoms with E-state index in [9.17, 15) is 12.8 Å². The number of ether oxygens (including phenoxy) is 1. The van der Waals surface area contributed by atoms with Crippen LogP contribution < -0.4 is 10.1 Å². The van der Waals surface area contributed by atoms with Gasteiger partial charge in [0.15, 0.2) is 0 Å². The van der Waals surface area contributed by atoms with E-state index >= 15 is 0 Å². The lowest BCUT2D eigenvalue weighted by atomic mass is 10.2. The minimum Gasteiger partial charge on any atom is -0.488 e. The molecule has 1 saturated carbocycles. The monoisotopic (exact) mass is 315 g/mol. The summed E-state index contributed by atoms with van der Waals surface area (Å²) in [7, 11) is -3.06. The van der Waals surface area contributed by atoms with Gasteiger partial charge < -0.3 is 10.1 Å². The molecule has 0 heterocycles. The number of halogens is 1. The summed E-state index contributed by atoms with van der Waals surface area (Å²) in [6.45, 7) is 1.78. The summed E-state index contributed by atoms with van der Waals surface area (Å²) in [5.41, 5.74) is 0.638.